The average molecular weight is 541 g/mol. The molecule has 0 atom stereocenters. The van der Waals surface area contributed by atoms with Gasteiger partial charge in [-0.2, -0.15) is 11.8 Å². The third-order valence-electron chi connectivity index (χ3n) is 4.86. The maximum Gasteiger partial charge on any atom is 0.264 e. The number of aryl methyl sites for hydroxylation is 1. The summed E-state index contributed by atoms with van der Waals surface area (Å²) in [6.45, 7) is 1.59. The van der Waals surface area contributed by atoms with Gasteiger partial charge in [0.1, 0.15) is 12.4 Å². The molecule has 0 bridgehead atoms. The highest BCUT2D eigenvalue weighted by Crippen LogP contribution is 2.27. The molecule has 0 fully saturated rings. The molecular formula is C24H23Cl2FN2O3S2. The smallest absolute Gasteiger partial charge is 0.264 e. The fourth-order valence-electron chi connectivity index (χ4n) is 3.06. The summed E-state index contributed by atoms with van der Waals surface area (Å²) < 4.78 is 41.9. The van der Waals surface area contributed by atoms with Crippen molar-refractivity contribution in [2.45, 2.75) is 17.6 Å². The molecule has 0 aliphatic carbocycles. The Morgan fingerprint density at radius 1 is 1.06 bits per heavy atom. The van der Waals surface area contributed by atoms with Gasteiger partial charge in [-0.05, 0) is 48.9 Å². The van der Waals surface area contributed by atoms with Crippen molar-refractivity contribution in [3.8, 4) is 0 Å². The van der Waals surface area contributed by atoms with E-state index >= 15 is 0 Å². The zero-order chi connectivity index (χ0) is 24.7. The van der Waals surface area contributed by atoms with E-state index in [0.717, 1.165) is 21.5 Å². The highest BCUT2D eigenvalue weighted by atomic mass is 35.5. The minimum atomic E-state index is -4.17. The van der Waals surface area contributed by atoms with E-state index in [0.29, 0.717) is 28.1 Å². The lowest BCUT2D eigenvalue weighted by Crippen LogP contribution is -2.41. The molecular weight excluding hydrogens is 518 g/mol. The molecule has 0 spiro atoms. The molecule has 0 heterocycles. The molecule has 1 amide bonds. The maximum absolute atomic E-state index is 14.5. The topological polar surface area (TPSA) is 66.5 Å². The Morgan fingerprint density at radius 2 is 1.76 bits per heavy atom. The Balaban J connectivity index is 1.65. The Bertz CT molecular complexity index is 1260. The van der Waals surface area contributed by atoms with Crippen molar-refractivity contribution in [2.24, 2.45) is 0 Å². The summed E-state index contributed by atoms with van der Waals surface area (Å²) in [6.07, 6.45) is 0. The lowest BCUT2D eigenvalue weighted by atomic mass is 10.2. The van der Waals surface area contributed by atoms with Gasteiger partial charge in [-0.25, -0.2) is 12.8 Å². The highest BCUT2D eigenvalue weighted by Gasteiger charge is 2.29. The van der Waals surface area contributed by atoms with E-state index in [1.54, 1.807) is 36.0 Å². The van der Waals surface area contributed by atoms with E-state index in [4.69, 9.17) is 23.2 Å². The lowest BCUT2D eigenvalue weighted by Gasteiger charge is -2.24. The van der Waals surface area contributed by atoms with Crippen molar-refractivity contribution in [2.75, 3.05) is 23.1 Å². The number of thioether (sulfide) groups is 1. The van der Waals surface area contributed by atoms with E-state index < -0.39 is 28.3 Å². The molecule has 34 heavy (non-hydrogen) atoms. The number of carbonyl (C=O) groups is 1. The molecule has 5 nitrogen and oxygen atoms in total. The number of carbonyl (C=O) groups excluding carboxylic acids is 1. The van der Waals surface area contributed by atoms with E-state index in [9.17, 15) is 17.6 Å². The monoisotopic (exact) mass is 540 g/mol. The number of amides is 1. The van der Waals surface area contributed by atoms with Crippen molar-refractivity contribution in [1.82, 2.24) is 5.32 Å². The SMILES string of the molecule is Cc1ccc(S(=O)(=O)N(CC(=O)NCCSCc2ccc(Cl)cc2Cl)c2ccccc2F)cc1. The van der Waals surface area contributed by atoms with E-state index in [1.165, 1.54) is 30.3 Å². The average Bonchev–Trinajstić information content (AvgIpc) is 2.79. The van der Waals surface area contributed by atoms with Crippen molar-refractivity contribution in [3.05, 3.63) is 93.7 Å². The van der Waals surface area contributed by atoms with Crippen LogP contribution in [-0.4, -0.2) is 33.2 Å². The van der Waals surface area contributed by atoms with Gasteiger partial charge >= 0.3 is 0 Å². The predicted molar refractivity (Wildman–Crippen MR) is 138 cm³/mol. The number of para-hydroxylation sites is 1. The van der Waals surface area contributed by atoms with Gasteiger partial charge in [-0.3, -0.25) is 9.10 Å². The minimum Gasteiger partial charge on any atom is -0.354 e. The molecule has 0 unspecified atom stereocenters. The van der Waals surface area contributed by atoms with Crippen LogP contribution < -0.4 is 9.62 Å². The summed E-state index contributed by atoms with van der Waals surface area (Å²) in [6, 6.07) is 16.9. The second-order valence-electron chi connectivity index (χ2n) is 7.41. The van der Waals surface area contributed by atoms with Gasteiger partial charge < -0.3 is 5.32 Å². The number of nitrogens with zero attached hydrogens (tertiary/aromatic N) is 1. The number of nitrogens with one attached hydrogen (secondary N) is 1. The predicted octanol–water partition coefficient (Wildman–Crippen LogP) is 5.69. The Morgan fingerprint density at radius 3 is 2.44 bits per heavy atom. The third kappa shape index (κ3) is 6.88. The minimum absolute atomic E-state index is 0.0236. The van der Waals surface area contributed by atoms with Crippen molar-refractivity contribution in [3.63, 3.8) is 0 Å². The van der Waals surface area contributed by atoms with Gasteiger partial charge in [0, 0.05) is 28.1 Å². The molecule has 180 valence electrons. The van der Waals surface area contributed by atoms with Crippen LogP contribution in [-0.2, 0) is 20.6 Å². The molecule has 0 radical (unpaired) electrons. The standard InChI is InChI=1S/C24H23Cl2FN2O3S2/c1-17-6-10-20(11-7-17)34(31,32)29(23-5-3-2-4-22(23)27)15-24(30)28-12-13-33-16-18-8-9-19(25)14-21(18)26/h2-11,14H,12-13,15-16H2,1H3,(H,28,30). The van der Waals surface area contributed by atoms with Crippen LogP contribution in [0.1, 0.15) is 11.1 Å². The lowest BCUT2D eigenvalue weighted by molar-refractivity contribution is -0.119. The zero-order valence-electron chi connectivity index (χ0n) is 18.3. The molecule has 0 aliphatic rings. The summed E-state index contributed by atoms with van der Waals surface area (Å²) >= 11 is 13.6. The first-order valence-corrected chi connectivity index (χ1v) is 13.7. The van der Waals surface area contributed by atoms with Crippen LogP contribution in [0.2, 0.25) is 10.0 Å². The summed E-state index contributed by atoms with van der Waals surface area (Å²) in [5, 5.41) is 3.84. The second kappa shape index (κ2) is 11.9. The van der Waals surface area contributed by atoms with Crippen molar-refractivity contribution >= 4 is 56.6 Å². The first-order chi connectivity index (χ1) is 16.2. The van der Waals surface area contributed by atoms with Crippen LogP contribution in [0.15, 0.2) is 71.6 Å². The molecule has 3 aromatic rings. The molecule has 0 saturated heterocycles. The van der Waals surface area contributed by atoms with Crippen LogP contribution in [0.25, 0.3) is 0 Å². The van der Waals surface area contributed by atoms with E-state index in [2.05, 4.69) is 5.32 Å². The van der Waals surface area contributed by atoms with Crippen LogP contribution in [0.4, 0.5) is 10.1 Å². The maximum atomic E-state index is 14.5. The van der Waals surface area contributed by atoms with Gasteiger partial charge in [-0.15, -0.1) is 0 Å². The number of sulfonamides is 1. The van der Waals surface area contributed by atoms with Gasteiger partial charge in [0.2, 0.25) is 5.91 Å². The largest absolute Gasteiger partial charge is 0.354 e. The number of halogens is 3. The fraction of sp³-hybridized carbons (Fsp3) is 0.208. The summed E-state index contributed by atoms with van der Waals surface area (Å²) in [7, 11) is -4.17. The van der Waals surface area contributed by atoms with Gasteiger partial charge in [0.25, 0.3) is 10.0 Å². The summed E-state index contributed by atoms with van der Waals surface area (Å²) in [4.78, 5) is 12.6. The number of benzene rings is 3. The first kappa shape index (κ1) is 26.3. The summed E-state index contributed by atoms with van der Waals surface area (Å²) in [5.41, 5.74) is 1.62. The van der Waals surface area contributed by atoms with Crippen LogP contribution >= 0.6 is 35.0 Å². The zero-order valence-corrected chi connectivity index (χ0v) is 21.4. The van der Waals surface area contributed by atoms with Crippen molar-refractivity contribution < 1.29 is 17.6 Å². The van der Waals surface area contributed by atoms with E-state index in [1.807, 2.05) is 13.0 Å². The molecule has 1 N–H and O–H groups in total. The second-order valence-corrected chi connectivity index (χ2v) is 11.2. The van der Waals surface area contributed by atoms with E-state index in [-0.39, 0.29) is 10.6 Å². The highest BCUT2D eigenvalue weighted by molar-refractivity contribution is 7.98. The van der Waals surface area contributed by atoms with Gasteiger partial charge in [0.15, 0.2) is 0 Å². The number of hydrogen-bond acceptors (Lipinski definition) is 4. The number of hydrogen-bond donors (Lipinski definition) is 1. The fourth-order valence-corrected chi connectivity index (χ4v) is 5.91. The number of rotatable bonds is 10. The van der Waals surface area contributed by atoms with Crippen LogP contribution in [0.5, 0.6) is 0 Å². The molecule has 3 aromatic carbocycles. The third-order valence-corrected chi connectivity index (χ3v) is 8.23. The van der Waals surface area contributed by atoms with Gasteiger partial charge in [0.05, 0.1) is 10.6 Å². The molecule has 0 saturated carbocycles. The van der Waals surface area contributed by atoms with Crippen LogP contribution in [0, 0.1) is 12.7 Å². The molecule has 0 aromatic heterocycles. The summed E-state index contributed by atoms with van der Waals surface area (Å²) in [5.74, 6) is -0.0603. The van der Waals surface area contributed by atoms with Gasteiger partial charge in [-0.1, -0.05) is 59.1 Å². The Labute approximate surface area is 213 Å². The Kier molecular flexibility index (Phi) is 9.24. The van der Waals surface area contributed by atoms with Crippen LogP contribution in [0.3, 0.4) is 0 Å². The quantitative estimate of drug-likeness (QED) is 0.335. The Hall–Kier alpha value is -2.26. The normalized spacial score (nSPS) is 11.3. The molecule has 0 aliphatic heterocycles. The molecule has 10 heteroatoms. The first-order valence-electron chi connectivity index (χ1n) is 10.3. The van der Waals surface area contributed by atoms with Crippen molar-refractivity contribution in [1.29, 1.82) is 0 Å². The molecule has 3 rings (SSSR count). The number of anilines is 1.